The van der Waals surface area contributed by atoms with E-state index in [0.717, 1.165) is 4.57 Å². The highest BCUT2D eigenvalue weighted by Gasteiger charge is 2.11. The number of allylic oxidation sites excluding steroid dienone is 2. The van der Waals surface area contributed by atoms with Gasteiger partial charge in [-0.25, -0.2) is 9.18 Å². The first-order valence-electron chi connectivity index (χ1n) is 5.28. The van der Waals surface area contributed by atoms with Crippen molar-refractivity contribution in [1.82, 2.24) is 9.72 Å². The molecule has 0 spiro atoms. The molecule has 1 rings (SSSR count). The number of hydrogen-bond donors (Lipinski definition) is 2. The maximum absolute atomic E-state index is 13.4. The van der Waals surface area contributed by atoms with E-state index in [0.29, 0.717) is 0 Å². The monoisotopic (exact) mass is 259 g/mol. The zero-order chi connectivity index (χ0) is 13.7. The van der Waals surface area contributed by atoms with Crippen LogP contribution in [0.3, 0.4) is 0 Å². The van der Waals surface area contributed by atoms with Crippen LogP contribution in [0, 0.1) is 6.92 Å². The summed E-state index contributed by atoms with van der Waals surface area (Å²) in [5.41, 5.74) is 5.26. The lowest BCUT2D eigenvalue weighted by atomic mass is 10.1. The fourth-order valence-corrected chi connectivity index (χ4v) is 1.27. The second-order valence-corrected chi connectivity index (χ2v) is 3.75. The molecule has 0 aliphatic rings. The zero-order valence-electron chi connectivity index (χ0n) is 9.80. The number of aryl methyl sites for hydroxylation is 1. The van der Waals surface area contributed by atoms with Gasteiger partial charge in [0.2, 0.25) is 0 Å². The van der Waals surface area contributed by atoms with Crippen molar-refractivity contribution < 1.29 is 18.8 Å². The van der Waals surface area contributed by atoms with E-state index in [-0.39, 0.29) is 25.2 Å². The number of halogens is 1. The molecule has 0 saturated heterocycles. The molecule has 18 heavy (non-hydrogen) atoms. The van der Waals surface area contributed by atoms with Crippen LogP contribution in [0.5, 0.6) is 0 Å². The van der Waals surface area contributed by atoms with Gasteiger partial charge < -0.3 is 10.8 Å². The van der Waals surface area contributed by atoms with Gasteiger partial charge in [-0.1, -0.05) is 11.2 Å². The molecule has 3 N–H and O–H groups in total. The smallest absolute Gasteiger partial charge is 0.441 e. The van der Waals surface area contributed by atoms with E-state index < -0.39 is 23.6 Å². The summed E-state index contributed by atoms with van der Waals surface area (Å²) in [6.45, 7) is 1.23. The summed E-state index contributed by atoms with van der Waals surface area (Å²) in [7, 11) is 0. The second kappa shape index (κ2) is 6.10. The van der Waals surface area contributed by atoms with Crippen molar-refractivity contribution in [2.45, 2.75) is 32.4 Å². The van der Waals surface area contributed by atoms with Gasteiger partial charge in [-0.15, -0.1) is 0 Å². The van der Waals surface area contributed by atoms with Crippen LogP contribution >= 0.6 is 0 Å². The largest absolute Gasteiger partial charge is 0.480 e. The zero-order valence-corrected chi connectivity index (χ0v) is 9.80. The number of nitrogens with zero attached hydrogens (tertiary/aromatic N) is 2. The Morgan fingerprint density at radius 3 is 2.89 bits per heavy atom. The minimum atomic E-state index is -1.13. The Hall–Kier alpha value is -1.96. The third-order valence-corrected chi connectivity index (χ3v) is 2.34. The maximum Gasteiger partial charge on any atom is 0.441 e. The fourth-order valence-electron chi connectivity index (χ4n) is 1.27. The number of carboxylic acids is 1. The van der Waals surface area contributed by atoms with Crippen LogP contribution in [0.25, 0.3) is 0 Å². The number of nitrogens with two attached hydrogens (primary N) is 1. The highest BCUT2D eigenvalue weighted by Crippen LogP contribution is 2.06. The van der Waals surface area contributed by atoms with Gasteiger partial charge in [-0.2, -0.15) is 0 Å². The van der Waals surface area contributed by atoms with Crippen LogP contribution in [0.2, 0.25) is 0 Å². The fraction of sp³-hybridized carbons (Fsp3) is 0.500. The summed E-state index contributed by atoms with van der Waals surface area (Å²) in [5, 5.41) is 11.9. The number of rotatable bonds is 6. The summed E-state index contributed by atoms with van der Waals surface area (Å²) in [5.74, 6) is -2.17. The molecule has 0 bridgehead atoms. The number of aromatic nitrogens is 2. The molecule has 0 aliphatic carbocycles. The minimum Gasteiger partial charge on any atom is -0.480 e. The second-order valence-electron chi connectivity index (χ2n) is 3.75. The van der Waals surface area contributed by atoms with Gasteiger partial charge >= 0.3 is 11.7 Å². The van der Waals surface area contributed by atoms with Crippen molar-refractivity contribution >= 4 is 5.97 Å². The molecule has 0 radical (unpaired) electrons. The van der Waals surface area contributed by atoms with Crippen LogP contribution in [-0.4, -0.2) is 26.8 Å². The molecule has 0 aromatic carbocycles. The maximum atomic E-state index is 13.4. The molecule has 100 valence electrons. The number of hydrogen-bond acceptors (Lipinski definition) is 5. The summed E-state index contributed by atoms with van der Waals surface area (Å²) in [6, 6.07) is -1.02. The summed E-state index contributed by atoms with van der Waals surface area (Å²) < 4.78 is 18.8. The molecule has 8 heteroatoms. The molecule has 0 saturated carbocycles. The lowest BCUT2D eigenvalue weighted by Gasteiger charge is -2.03. The predicted octanol–water partition coefficient (Wildman–Crippen LogP) is 0.190. The normalized spacial score (nSPS) is 13.6. The lowest BCUT2D eigenvalue weighted by Crippen LogP contribution is -2.29. The Labute approximate surface area is 102 Å². The van der Waals surface area contributed by atoms with Crippen LogP contribution in [0.15, 0.2) is 21.2 Å². The first-order chi connectivity index (χ1) is 8.41. The van der Waals surface area contributed by atoms with Crippen molar-refractivity contribution in [2.24, 2.45) is 5.73 Å². The Kier molecular flexibility index (Phi) is 4.78. The molecule has 1 atom stereocenters. The van der Waals surface area contributed by atoms with E-state index >= 15 is 0 Å². The van der Waals surface area contributed by atoms with E-state index in [2.05, 4.69) is 9.68 Å². The van der Waals surface area contributed by atoms with Crippen LogP contribution in [0.4, 0.5) is 4.39 Å². The summed E-state index contributed by atoms with van der Waals surface area (Å²) in [4.78, 5) is 21.5. The van der Waals surface area contributed by atoms with E-state index in [1.165, 1.54) is 13.0 Å². The topological polar surface area (TPSA) is 111 Å². The van der Waals surface area contributed by atoms with Crippen LogP contribution in [0.1, 0.15) is 18.7 Å². The standard InChI is InChI=1S/C10H14FN3O4/c1-6-13-18-10(17)14(6)5-7(11)3-2-4-8(12)9(15)16/h3,8H,2,4-5,12H2,1H3,(H,15,16)/t8-/m0/s1. The number of carboxylic acid groups (broad SMARTS) is 1. The first-order valence-corrected chi connectivity index (χ1v) is 5.28. The summed E-state index contributed by atoms with van der Waals surface area (Å²) in [6.07, 6.45) is 1.50. The quantitative estimate of drug-likeness (QED) is 0.754. The average molecular weight is 259 g/mol. The van der Waals surface area contributed by atoms with Gasteiger partial charge in [0.15, 0.2) is 5.82 Å². The molecule has 0 unspecified atom stereocenters. The van der Waals surface area contributed by atoms with Crippen molar-refractivity contribution in [3.63, 3.8) is 0 Å². The first kappa shape index (κ1) is 14.1. The minimum absolute atomic E-state index is 0.125. The Bertz CT molecular complexity index is 505. The molecule has 1 aromatic rings. The average Bonchev–Trinajstić information content (AvgIpc) is 2.60. The Morgan fingerprint density at radius 2 is 2.39 bits per heavy atom. The van der Waals surface area contributed by atoms with Gasteiger partial charge in [0, 0.05) is 0 Å². The highest BCUT2D eigenvalue weighted by atomic mass is 19.1. The van der Waals surface area contributed by atoms with E-state index in [4.69, 9.17) is 10.8 Å². The lowest BCUT2D eigenvalue weighted by molar-refractivity contribution is -0.138. The molecule has 1 aromatic heterocycles. The molecule has 0 aliphatic heterocycles. The van der Waals surface area contributed by atoms with Gasteiger partial charge in [0.05, 0.1) is 6.54 Å². The van der Waals surface area contributed by atoms with E-state index in [9.17, 15) is 14.0 Å². The molecule has 7 nitrogen and oxygen atoms in total. The SMILES string of the molecule is Cc1noc(=O)n1CC(F)=CCC[C@H](N)C(=O)O. The van der Waals surface area contributed by atoms with Crippen molar-refractivity contribution in [2.75, 3.05) is 0 Å². The van der Waals surface area contributed by atoms with Crippen molar-refractivity contribution in [1.29, 1.82) is 0 Å². The third-order valence-electron chi connectivity index (χ3n) is 2.34. The number of aliphatic carboxylic acids is 1. The highest BCUT2D eigenvalue weighted by molar-refractivity contribution is 5.72. The van der Waals surface area contributed by atoms with Crippen LogP contribution < -0.4 is 11.5 Å². The molecular weight excluding hydrogens is 245 g/mol. The van der Waals surface area contributed by atoms with E-state index in [1.54, 1.807) is 0 Å². The number of carbonyl (C=O) groups is 1. The van der Waals surface area contributed by atoms with Gasteiger partial charge in [0.1, 0.15) is 11.9 Å². The van der Waals surface area contributed by atoms with Gasteiger partial charge in [-0.05, 0) is 19.8 Å². The van der Waals surface area contributed by atoms with Gasteiger partial charge in [-0.3, -0.25) is 13.9 Å². The Morgan fingerprint density at radius 1 is 1.72 bits per heavy atom. The third kappa shape index (κ3) is 3.81. The van der Waals surface area contributed by atoms with Gasteiger partial charge in [0.25, 0.3) is 0 Å². The Balaban J connectivity index is 2.53. The molecular formula is C10H14FN3O4. The van der Waals surface area contributed by atoms with Crippen molar-refractivity contribution in [3.05, 3.63) is 28.3 Å². The van der Waals surface area contributed by atoms with Crippen molar-refractivity contribution in [3.8, 4) is 0 Å². The van der Waals surface area contributed by atoms with Crippen LogP contribution in [-0.2, 0) is 11.3 Å². The predicted molar refractivity (Wildman–Crippen MR) is 59.5 cm³/mol. The van der Waals surface area contributed by atoms with E-state index in [1.807, 2.05) is 0 Å². The molecule has 1 heterocycles. The summed E-state index contributed by atoms with van der Waals surface area (Å²) >= 11 is 0. The molecule has 0 amide bonds. The molecule has 0 fully saturated rings.